The highest BCUT2D eigenvalue weighted by Gasteiger charge is 2.39. The van der Waals surface area contributed by atoms with Gasteiger partial charge in [-0.1, -0.05) is 36.8 Å². The van der Waals surface area contributed by atoms with Crippen molar-refractivity contribution in [3.63, 3.8) is 0 Å². The standard InChI is InChI=1S/C14H18O2/c15-11-14(9-5-4-8-13(14)16)10-12-6-2-1-3-7-12/h1-3,6-7,15H,4-5,8-11H2. The predicted octanol–water partition coefficient (Wildman–Crippen LogP) is 2.35. The molecule has 16 heavy (non-hydrogen) atoms. The lowest BCUT2D eigenvalue weighted by molar-refractivity contribution is -0.133. The molecule has 2 nitrogen and oxygen atoms in total. The Bertz CT molecular complexity index is 358. The molecule has 2 rings (SSSR count). The summed E-state index contributed by atoms with van der Waals surface area (Å²) in [5.41, 5.74) is 0.645. The molecule has 1 aliphatic carbocycles. The molecule has 0 heterocycles. The largest absolute Gasteiger partial charge is 0.395 e. The molecule has 0 aliphatic heterocycles. The van der Waals surface area contributed by atoms with Gasteiger partial charge < -0.3 is 5.11 Å². The Kier molecular flexibility index (Phi) is 3.39. The van der Waals surface area contributed by atoms with E-state index in [2.05, 4.69) is 0 Å². The summed E-state index contributed by atoms with van der Waals surface area (Å²) in [5, 5.41) is 9.55. The van der Waals surface area contributed by atoms with Crippen molar-refractivity contribution < 1.29 is 9.90 Å². The van der Waals surface area contributed by atoms with Gasteiger partial charge in [0.05, 0.1) is 12.0 Å². The van der Waals surface area contributed by atoms with Gasteiger partial charge in [0.2, 0.25) is 0 Å². The van der Waals surface area contributed by atoms with Crippen molar-refractivity contribution in [1.29, 1.82) is 0 Å². The Morgan fingerprint density at radius 3 is 2.56 bits per heavy atom. The monoisotopic (exact) mass is 218 g/mol. The third-order valence-electron chi connectivity index (χ3n) is 3.59. The van der Waals surface area contributed by atoms with Crippen LogP contribution in [-0.2, 0) is 11.2 Å². The first-order valence-electron chi connectivity index (χ1n) is 5.95. The van der Waals surface area contributed by atoms with Gasteiger partial charge in [-0.2, -0.15) is 0 Å². The van der Waals surface area contributed by atoms with Crippen molar-refractivity contribution in [2.24, 2.45) is 5.41 Å². The maximum Gasteiger partial charge on any atom is 0.141 e. The summed E-state index contributed by atoms with van der Waals surface area (Å²) in [6.07, 6.45) is 4.18. The van der Waals surface area contributed by atoms with E-state index >= 15 is 0 Å². The number of benzene rings is 1. The summed E-state index contributed by atoms with van der Waals surface area (Å²) in [7, 11) is 0. The molecule has 1 aromatic rings. The topological polar surface area (TPSA) is 37.3 Å². The second-order valence-corrected chi connectivity index (χ2v) is 4.73. The summed E-state index contributed by atoms with van der Waals surface area (Å²) in [4.78, 5) is 12.0. The molecule has 1 aliphatic rings. The zero-order chi connectivity index (χ0) is 11.4. The minimum Gasteiger partial charge on any atom is -0.395 e. The first kappa shape index (κ1) is 11.3. The van der Waals surface area contributed by atoms with Crippen LogP contribution < -0.4 is 0 Å². The van der Waals surface area contributed by atoms with E-state index in [1.807, 2.05) is 30.3 Å². The highest BCUT2D eigenvalue weighted by molar-refractivity contribution is 5.86. The Hall–Kier alpha value is -1.15. The van der Waals surface area contributed by atoms with E-state index in [4.69, 9.17) is 0 Å². The smallest absolute Gasteiger partial charge is 0.141 e. The molecular weight excluding hydrogens is 200 g/mol. The molecule has 0 spiro atoms. The summed E-state index contributed by atoms with van der Waals surface area (Å²) in [5.74, 6) is 0.241. The lowest BCUT2D eigenvalue weighted by atomic mass is 9.70. The minimum atomic E-state index is -0.500. The van der Waals surface area contributed by atoms with Gasteiger partial charge in [-0.05, 0) is 24.8 Å². The number of aliphatic hydroxyl groups excluding tert-OH is 1. The molecule has 2 heteroatoms. The molecule has 0 radical (unpaired) electrons. The third kappa shape index (κ3) is 2.17. The molecule has 86 valence electrons. The molecule has 1 atom stereocenters. The molecule has 1 saturated carbocycles. The summed E-state index contributed by atoms with van der Waals surface area (Å²) >= 11 is 0. The second kappa shape index (κ2) is 4.79. The van der Waals surface area contributed by atoms with Gasteiger partial charge in [0.1, 0.15) is 5.78 Å². The SMILES string of the molecule is O=C1CCCCC1(CO)Cc1ccccc1. The number of aliphatic hydroxyl groups is 1. The minimum absolute atomic E-state index is 0.0132. The van der Waals surface area contributed by atoms with Crippen LogP contribution in [0.25, 0.3) is 0 Å². The Morgan fingerprint density at radius 2 is 1.94 bits per heavy atom. The fraction of sp³-hybridized carbons (Fsp3) is 0.500. The Balaban J connectivity index is 2.18. The fourth-order valence-electron chi connectivity index (χ4n) is 2.55. The lowest BCUT2D eigenvalue weighted by Crippen LogP contribution is -2.39. The van der Waals surface area contributed by atoms with Crippen LogP contribution in [0, 0.1) is 5.41 Å². The summed E-state index contributed by atoms with van der Waals surface area (Å²) in [6.45, 7) is -0.0132. The van der Waals surface area contributed by atoms with Gasteiger partial charge in [0, 0.05) is 6.42 Å². The van der Waals surface area contributed by atoms with Gasteiger partial charge in [0.15, 0.2) is 0 Å². The summed E-state index contributed by atoms with van der Waals surface area (Å²) < 4.78 is 0. The van der Waals surface area contributed by atoms with Crippen LogP contribution in [-0.4, -0.2) is 17.5 Å². The maximum absolute atomic E-state index is 12.0. The molecule has 1 fully saturated rings. The van der Waals surface area contributed by atoms with Crippen LogP contribution in [0.4, 0.5) is 0 Å². The van der Waals surface area contributed by atoms with Gasteiger partial charge in [-0.15, -0.1) is 0 Å². The van der Waals surface area contributed by atoms with E-state index < -0.39 is 5.41 Å². The van der Waals surface area contributed by atoms with Crippen molar-refractivity contribution in [1.82, 2.24) is 0 Å². The average Bonchev–Trinajstić information content (AvgIpc) is 2.34. The second-order valence-electron chi connectivity index (χ2n) is 4.73. The number of rotatable bonds is 3. The van der Waals surface area contributed by atoms with E-state index in [0.29, 0.717) is 12.8 Å². The van der Waals surface area contributed by atoms with Crippen molar-refractivity contribution in [3.05, 3.63) is 35.9 Å². The number of ketones is 1. The zero-order valence-corrected chi connectivity index (χ0v) is 9.48. The molecule has 0 saturated heterocycles. The number of hydrogen-bond donors (Lipinski definition) is 1. The van der Waals surface area contributed by atoms with Crippen LogP contribution in [0.1, 0.15) is 31.2 Å². The average molecular weight is 218 g/mol. The van der Waals surface area contributed by atoms with Gasteiger partial charge in [0.25, 0.3) is 0 Å². The molecule has 0 aromatic heterocycles. The number of hydrogen-bond acceptors (Lipinski definition) is 2. The van der Waals surface area contributed by atoms with E-state index in [1.54, 1.807) is 0 Å². The van der Waals surface area contributed by atoms with Crippen molar-refractivity contribution >= 4 is 5.78 Å². The van der Waals surface area contributed by atoms with E-state index in [9.17, 15) is 9.90 Å². The molecular formula is C14H18O2. The number of carbonyl (C=O) groups excluding carboxylic acids is 1. The number of carbonyl (C=O) groups is 1. The Morgan fingerprint density at radius 1 is 1.19 bits per heavy atom. The highest BCUT2D eigenvalue weighted by Crippen LogP contribution is 2.35. The van der Waals surface area contributed by atoms with Crippen LogP contribution in [0.3, 0.4) is 0 Å². The summed E-state index contributed by atoms with van der Waals surface area (Å²) in [6, 6.07) is 9.98. The van der Waals surface area contributed by atoms with Crippen molar-refractivity contribution in [2.45, 2.75) is 32.1 Å². The van der Waals surface area contributed by atoms with Crippen molar-refractivity contribution in [3.8, 4) is 0 Å². The van der Waals surface area contributed by atoms with Gasteiger partial charge in [-0.25, -0.2) is 0 Å². The van der Waals surface area contributed by atoms with E-state index in [0.717, 1.165) is 24.8 Å². The highest BCUT2D eigenvalue weighted by atomic mass is 16.3. The van der Waals surface area contributed by atoms with Crippen LogP contribution in [0.15, 0.2) is 30.3 Å². The quantitative estimate of drug-likeness (QED) is 0.845. The van der Waals surface area contributed by atoms with Gasteiger partial charge >= 0.3 is 0 Å². The molecule has 0 bridgehead atoms. The zero-order valence-electron chi connectivity index (χ0n) is 9.48. The molecule has 0 amide bonds. The van der Waals surface area contributed by atoms with Crippen LogP contribution in [0.5, 0.6) is 0 Å². The molecule has 1 N–H and O–H groups in total. The molecule has 1 aromatic carbocycles. The maximum atomic E-state index is 12.0. The predicted molar refractivity (Wildman–Crippen MR) is 63.1 cm³/mol. The first-order chi connectivity index (χ1) is 7.77. The first-order valence-corrected chi connectivity index (χ1v) is 5.95. The fourth-order valence-corrected chi connectivity index (χ4v) is 2.55. The Labute approximate surface area is 96.3 Å². The van der Waals surface area contributed by atoms with Crippen LogP contribution >= 0.6 is 0 Å². The van der Waals surface area contributed by atoms with Crippen LogP contribution in [0.2, 0.25) is 0 Å². The van der Waals surface area contributed by atoms with E-state index in [-0.39, 0.29) is 12.4 Å². The number of Topliss-reactive ketones (excluding diaryl/α,β-unsaturated/α-hetero) is 1. The molecule has 1 unspecified atom stereocenters. The lowest BCUT2D eigenvalue weighted by Gasteiger charge is -2.34. The van der Waals surface area contributed by atoms with E-state index in [1.165, 1.54) is 0 Å². The van der Waals surface area contributed by atoms with Crippen molar-refractivity contribution in [2.75, 3.05) is 6.61 Å². The van der Waals surface area contributed by atoms with Gasteiger partial charge in [-0.3, -0.25) is 4.79 Å². The third-order valence-corrected chi connectivity index (χ3v) is 3.59. The normalized spacial score (nSPS) is 25.7.